The van der Waals surface area contributed by atoms with Gasteiger partial charge in [0.05, 0.1) is 24.9 Å². The number of halogens is 1. The zero-order chi connectivity index (χ0) is 14.7. The van der Waals surface area contributed by atoms with Gasteiger partial charge < -0.3 is 10.1 Å². The smallest absolute Gasteiger partial charge is 0.255 e. The molecule has 1 aromatic carbocycles. The van der Waals surface area contributed by atoms with Crippen LogP contribution in [0.1, 0.15) is 28.9 Å². The minimum atomic E-state index is -0.235. The Morgan fingerprint density at radius 3 is 2.85 bits per heavy atom. The van der Waals surface area contributed by atoms with E-state index in [9.17, 15) is 4.79 Å². The molecule has 0 unspecified atom stereocenters. The second kappa shape index (κ2) is 5.96. The molecule has 0 radical (unpaired) electrons. The minimum absolute atomic E-state index is 0.153. The number of nitrogens with one attached hydrogen (secondary N) is 1. The molecule has 0 spiro atoms. The van der Waals surface area contributed by atoms with Crippen molar-refractivity contribution < 1.29 is 9.53 Å². The van der Waals surface area contributed by atoms with E-state index in [1.54, 1.807) is 29.1 Å². The van der Waals surface area contributed by atoms with Gasteiger partial charge in [-0.2, -0.15) is 5.10 Å². The molecule has 0 fully saturated rings. The molecule has 2 aromatic rings. The van der Waals surface area contributed by atoms with Crippen molar-refractivity contribution >= 4 is 17.5 Å². The van der Waals surface area contributed by atoms with E-state index in [1.807, 2.05) is 20.2 Å². The molecule has 0 saturated heterocycles. The van der Waals surface area contributed by atoms with Crippen LogP contribution in [-0.4, -0.2) is 22.8 Å². The topological polar surface area (TPSA) is 56.1 Å². The van der Waals surface area contributed by atoms with Crippen LogP contribution in [0.5, 0.6) is 5.75 Å². The van der Waals surface area contributed by atoms with Crippen LogP contribution >= 0.6 is 11.6 Å². The summed E-state index contributed by atoms with van der Waals surface area (Å²) in [6, 6.07) is 4.79. The van der Waals surface area contributed by atoms with E-state index in [2.05, 4.69) is 10.4 Å². The molecule has 2 rings (SSSR count). The first-order valence-corrected chi connectivity index (χ1v) is 6.52. The summed E-state index contributed by atoms with van der Waals surface area (Å²) in [6.07, 6.45) is 3.58. The van der Waals surface area contributed by atoms with E-state index >= 15 is 0 Å². The van der Waals surface area contributed by atoms with E-state index in [-0.39, 0.29) is 11.9 Å². The minimum Gasteiger partial charge on any atom is -0.496 e. The Morgan fingerprint density at radius 1 is 1.50 bits per heavy atom. The molecular weight excluding hydrogens is 278 g/mol. The van der Waals surface area contributed by atoms with Crippen LogP contribution in [0.2, 0.25) is 5.02 Å². The Balaban J connectivity index is 2.18. The van der Waals surface area contributed by atoms with Gasteiger partial charge in [0.2, 0.25) is 0 Å². The molecule has 1 aromatic heterocycles. The summed E-state index contributed by atoms with van der Waals surface area (Å²) in [6.45, 7) is 1.89. The highest BCUT2D eigenvalue weighted by Gasteiger charge is 2.16. The van der Waals surface area contributed by atoms with Crippen LogP contribution in [-0.2, 0) is 7.05 Å². The number of ether oxygens (including phenoxy) is 1. The van der Waals surface area contributed by atoms with Crippen LogP contribution in [0.4, 0.5) is 0 Å². The molecule has 106 valence electrons. The van der Waals surface area contributed by atoms with Crippen molar-refractivity contribution in [3.05, 3.63) is 46.7 Å². The maximum absolute atomic E-state index is 12.3. The summed E-state index contributed by atoms with van der Waals surface area (Å²) in [5, 5.41) is 7.47. The number of carbonyl (C=O) groups excluding carboxylic acids is 1. The fraction of sp³-hybridized carbons (Fsp3) is 0.286. The molecule has 0 aliphatic carbocycles. The zero-order valence-electron chi connectivity index (χ0n) is 11.6. The van der Waals surface area contributed by atoms with Gasteiger partial charge in [0.15, 0.2) is 0 Å². The number of hydrogen-bond donors (Lipinski definition) is 1. The van der Waals surface area contributed by atoms with Crippen LogP contribution in [0.25, 0.3) is 0 Å². The Morgan fingerprint density at radius 2 is 2.25 bits per heavy atom. The average Bonchev–Trinajstić information content (AvgIpc) is 2.85. The first-order chi connectivity index (χ1) is 9.51. The first-order valence-electron chi connectivity index (χ1n) is 6.14. The largest absolute Gasteiger partial charge is 0.496 e. The molecule has 20 heavy (non-hydrogen) atoms. The number of aromatic nitrogens is 2. The number of benzene rings is 1. The first kappa shape index (κ1) is 14.4. The quantitative estimate of drug-likeness (QED) is 0.942. The normalized spacial score (nSPS) is 12.0. The Kier molecular flexibility index (Phi) is 4.29. The van der Waals surface area contributed by atoms with Gasteiger partial charge in [-0.1, -0.05) is 11.6 Å². The van der Waals surface area contributed by atoms with Crippen molar-refractivity contribution in [2.24, 2.45) is 7.05 Å². The Labute approximate surface area is 122 Å². The maximum Gasteiger partial charge on any atom is 0.255 e. The third kappa shape index (κ3) is 3.11. The van der Waals surface area contributed by atoms with Gasteiger partial charge in [0, 0.05) is 23.8 Å². The van der Waals surface area contributed by atoms with Crippen molar-refractivity contribution in [3.63, 3.8) is 0 Å². The lowest BCUT2D eigenvalue weighted by molar-refractivity contribution is 0.0937. The van der Waals surface area contributed by atoms with Crippen molar-refractivity contribution in [3.8, 4) is 5.75 Å². The fourth-order valence-corrected chi connectivity index (χ4v) is 2.05. The van der Waals surface area contributed by atoms with Gasteiger partial charge >= 0.3 is 0 Å². The van der Waals surface area contributed by atoms with Crippen LogP contribution in [0.15, 0.2) is 30.6 Å². The molecule has 0 saturated carbocycles. The molecule has 1 atom stereocenters. The summed E-state index contributed by atoms with van der Waals surface area (Å²) in [5.41, 5.74) is 1.34. The van der Waals surface area contributed by atoms with Crippen LogP contribution in [0.3, 0.4) is 0 Å². The highest BCUT2D eigenvalue weighted by atomic mass is 35.5. The van der Waals surface area contributed by atoms with Gasteiger partial charge in [-0.15, -0.1) is 0 Å². The number of aryl methyl sites for hydroxylation is 1. The predicted molar refractivity (Wildman–Crippen MR) is 77.1 cm³/mol. The summed E-state index contributed by atoms with van der Waals surface area (Å²) < 4.78 is 6.87. The van der Waals surface area contributed by atoms with Gasteiger partial charge in [0.1, 0.15) is 5.75 Å². The van der Waals surface area contributed by atoms with Crippen LogP contribution < -0.4 is 10.1 Å². The number of rotatable bonds is 4. The van der Waals surface area contributed by atoms with Gasteiger partial charge in [0.25, 0.3) is 5.91 Å². The van der Waals surface area contributed by atoms with Crippen LogP contribution in [0, 0.1) is 0 Å². The average molecular weight is 294 g/mol. The molecule has 1 heterocycles. The summed E-state index contributed by atoms with van der Waals surface area (Å²) >= 11 is 5.93. The predicted octanol–water partition coefficient (Wildman–Crippen LogP) is 2.57. The number of carbonyl (C=O) groups is 1. The third-order valence-electron chi connectivity index (χ3n) is 2.98. The van der Waals surface area contributed by atoms with E-state index in [0.29, 0.717) is 16.3 Å². The van der Waals surface area contributed by atoms with Crippen molar-refractivity contribution in [2.75, 3.05) is 7.11 Å². The third-order valence-corrected chi connectivity index (χ3v) is 3.21. The Bertz CT molecular complexity index is 625. The highest BCUT2D eigenvalue weighted by molar-refractivity contribution is 6.31. The number of hydrogen-bond acceptors (Lipinski definition) is 3. The molecule has 6 heteroatoms. The van der Waals surface area contributed by atoms with Gasteiger partial charge in [-0.25, -0.2) is 0 Å². The highest BCUT2D eigenvalue weighted by Crippen LogP contribution is 2.23. The molecule has 0 aliphatic heterocycles. The molecule has 5 nitrogen and oxygen atoms in total. The molecular formula is C14H16ClN3O2. The van der Waals surface area contributed by atoms with E-state index < -0.39 is 0 Å². The maximum atomic E-state index is 12.3. The second-order valence-electron chi connectivity index (χ2n) is 4.49. The van der Waals surface area contributed by atoms with Gasteiger partial charge in [-0.3, -0.25) is 9.48 Å². The lowest BCUT2D eigenvalue weighted by Gasteiger charge is -2.14. The van der Waals surface area contributed by atoms with Crippen molar-refractivity contribution in [1.82, 2.24) is 15.1 Å². The molecule has 1 N–H and O–H groups in total. The summed E-state index contributed by atoms with van der Waals surface area (Å²) in [4.78, 5) is 12.3. The number of amides is 1. The molecule has 1 amide bonds. The Hall–Kier alpha value is -2.01. The standard InChI is InChI=1S/C14H16ClN3O2/c1-9(10-7-16-18(2)8-10)17-14(19)12-6-11(15)4-5-13(12)20-3/h4-9H,1-3H3,(H,17,19)/t9-/m0/s1. The molecule has 0 aliphatic rings. The van der Waals surface area contributed by atoms with E-state index in [1.165, 1.54) is 7.11 Å². The fourth-order valence-electron chi connectivity index (χ4n) is 1.88. The molecule has 0 bridgehead atoms. The van der Waals surface area contributed by atoms with Gasteiger partial charge in [-0.05, 0) is 25.1 Å². The SMILES string of the molecule is COc1ccc(Cl)cc1C(=O)N[C@@H](C)c1cnn(C)c1. The zero-order valence-corrected chi connectivity index (χ0v) is 12.3. The van der Waals surface area contributed by atoms with E-state index in [4.69, 9.17) is 16.3 Å². The number of methoxy groups -OCH3 is 1. The summed E-state index contributed by atoms with van der Waals surface area (Å²) in [7, 11) is 3.35. The monoisotopic (exact) mass is 293 g/mol. The van der Waals surface area contributed by atoms with Crippen molar-refractivity contribution in [1.29, 1.82) is 0 Å². The lowest BCUT2D eigenvalue weighted by Crippen LogP contribution is -2.26. The second-order valence-corrected chi connectivity index (χ2v) is 4.92. The van der Waals surface area contributed by atoms with E-state index in [0.717, 1.165) is 5.56 Å². The van der Waals surface area contributed by atoms with Crippen molar-refractivity contribution in [2.45, 2.75) is 13.0 Å². The summed E-state index contributed by atoms with van der Waals surface area (Å²) in [5.74, 6) is 0.256. The lowest BCUT2D eigenvalue weighted by atomic mass is 10.1. The number of nitrogens with zero attached hydrogens (tertiary/aromatic N) is 2.